The number of hydrogen-bond donors (Lipinski definition) is 3. The SMILES string of the molecule is N=Cc1c(NCC(F)F)cccc1Nc1ncc(C(F)(F)F)c(Cl)n1. The number of nitrogens with zero attached hydrogens (tertiary/aromatic N) is 2. The molecule has 25 heavy (non-hydrogen) atoms. The van der Waals surface area contributed by atoms with E-state index in [1.807, 2.05) is 0 Å². The van der Waals surface area contributed by atoms with Gasteiger partial charge in [-0.25, -0.2) is 18.7 Å². The van der Waals surface area contributed by atoms with Crippen molar-refractivity contribution < 1.29 is 22.0 Å². The molecule has 0 aliphatic rings. The van der Waals surface area contributed by atoms with Gasteiger partial charge in [0.2, 0.25) is 5.95 Å². The van der Waals surface area contributed by atoms with Gasteiger partial charge in [0.1, 0.15) is 10.7 Å². The normalized spacial score (nSPS) is 11.5. The van der Waals surface area contributed by atoms with Gasteiger partial charge in [-0.15, -0.1) is 0 Å². The van der Waals surface area contributed by atoms with Crippen LogP contribution in [0.5, 0.6) is 0 Å². The van der Waals surface area contributed by atoms with E-state index in [1.165, 1.54) is 18.2 Å². The van der Waals surface area contributed by atoms with Crippen molar-refractivity contribution in [2.45, 2.75) is 12.6 Å². The molecule has 11 heteroatoms. The van der Waals surface area contributed by atoms with Gasteiger partial charge < -0.3 is 16.0 Å². The summed E-state index contributed by atoms with van der Waals surface area (Å²) in [5, 5.41) is 11.7. The molecule has 5 nitrogen and oxygen atoms in total. The predicted molar refractivity (Wildman–Crippen MR) is 84.1 cm³/mol. The van der Waals surface area contributed by atoms with E-state index in [-0.39, 0.29) is 22.9 Å². The van der Waals surface area contributed by atoms with Gasteiger partial charge in [-0.3, -0.25) is 0 Å². The highest BCUT2D eigenvalue weighted by Crippen LogP contribution is 2.34. The molecule has 1 aromatic heterocycles. The largest absolute Gasteiger partial charge is 0.420 e. The zero-order valence-electron chi connectivity index (χ0n) is 12.3. The van der Waals surface area contributed by atoms with Crippen LogP contribution in [0.3, 0.4) is 0 Å². The van der Waals surface area contributed by atoms with E-state index < -0.39 is 29.9 Å². The average molecular weight is 380 g/mol. The van der Waals surface area contributed by atoms with Crippen molar-refractivity contribution in [3.63, 3.8) is 0 Å². The van der Waals surface area contributed by atoms with Gasteiger partial charge >= 0.3 is 6.18 Å². The maximum Gasteiger partial charge on any atom is 0.420 e. The van der Waals surface area contributed by atoms with Crippen LogP contribution in [0, 0.1) is 5.41 Å². The van der Waals surface area contributed by atoms with Crippen LogP contribution in [-0.4, -0.2) is 29.2 Å². The lowest BCUT2D eigenvalue weighted by atomic mass is 10.1. The van der Waals surface area contributed by atoms with Crippen LogP contribution in [-0.2, 0) is 6.18 Å². The molecule has 0 saturated heterocycles. The highest BCUT2D eigenvalue weighted by Gasteiger charge is 2.34. The number of aromatic nitrogens is 2. The molecule has 0 amide bonds. The van der Waals surface area contributed by atoms with Crippen LogP contribution in [0.4, 0.5) is 39.3 Å². The molecule has 2 rings (SSSR count). The Balaban J connectivity index is 2.30. The van der Waals surface area contributed by atoms with E-state index >= 15 is 0 Å². The highest BCUT2D eigenvalue weighted by molar-refractivity contribution is 6.30. The highest BCUT2D eigenvalue weighted by atomic mass is 35.5. The van der Waals surface area contributed by atoms with Crippen LogP contribution >= 0.6 is 11.6 Å². The van der Waals surface area contributed by atoms with Gasteiger partial charge in [-0.2, -0.15) is 13.2 Å². The molecule has 3 N–H and O–H groups in total. The maximum absolute atomic E-state index is 12.6. The fourth-order valence-electron chi connectivity index (χ4n) is 1.90. The Morgan fingerprint density at radius 2 is 1.92 bits per heavy atom. The molecule has 0 bridgehead atoms. The summed E-state index contributed by atoms with van der Waals surface area (Å²) in [5.74, 6) is -0.230. The van der Waals surface area contributed by atoms with E-state index in [0.717, 1.165) is 6.21 Å². The predicted octanol–water partition coefficient (Wildman–Crippen LogP) is 4.57. The van der Waals surface area contributed by atoms with E-state index in [0.29, 0.717) is 6.20 Å². The summed E-state index contributed by atoms with van der Waals surface area (Å²) in [6.45, 7) is -0.618. The third-order valence-electron chi connectivity index (χ3n) is 2.99. The van der Waals surface area contributed by atoms with E-state index in [9.17, 15) is 22.0 Å². The lowest BCUT2D eigenvalue weighted by molar-refractivity contribution is -0.137. The zero-order chi connectivity index (χ0) is 18.6. The first kappa shape index (κ1) is 18.8. The summed E-state index contributed by atoms with van der Waals surface area (Å²) in [6.07, 6.45) is -5.84. The smallest absolute Gasteiger partial charge is 0.379 e. The Hall–Kier alpha value is -2.49. The number of anilines is 3. The minimum atomic E-state index is -4.69. The summed E-state index contributed by atoms with van der Waals surface area (Å²) in [7, 11) is 0. The van der Waals surface area contributed by atoms with Crippen LogP contribution < -0.4 is 10.6 Å². The standard InChI is InChI=1S/C14H11ClF5N5/c15-12-8(14(18,19)20)5-23-13(25-12)24-10-3-1-2-9(7(10)4-21)22-6-11(16)17/h1-5,11,21-22H,6H2,(H,23,24,25). The molecule has 0 saturated carbocycles. The molecule has 0 radical (unpaired) electrons. The molecular weight excluding hydrogens is 369 g/mol. The Labute approximate surface area is 143 Å². The second-order valence-electron chi connectivity index (χ2n) is 4.70. The number of halogens is 6. The third kappa shape index (κ3) is 4.75. The molecule has 1 aromatic carbocycles. The molecule has 1 heterocycles. The van der Waals surface area contributed by atoms with Crippen molar-refractivity contribution in [3.8, 4) is 0 Å². The number of alkyl halides is 5. The van der Waals surface area contributed by atoms with E-state index in [4.69, 9.17) is 17.0 Å². The minimum absolute atomic E-state index is 0.211. The van der Waals surface area contributed by atoms with Crippen LogP contribution in [0.25, 0.3) is 0 Å². The lowest BCUT2D eigenvalue weighted by Gasteiger charge is -2.14. The van der Waals surface area contributed by atoms with E-state index in [1.54, 1.807) is 0 Å². The first-order chi connectivity index (χ1) is 11.7. The molecule has 0 aliphatic heterocycles. The third-order valence-corrected chi connectivity index (χ3v) is 3.28. The minimum Gasteiger partial charge on any atom is -0.379 e. The summed E-state index contributed by atoms with van der Waals surface area (Å²) >= 11 is 5.52. The molecule has 0 unspecified atom stereocenters. The van der Waals surface area contributed by atoms with Gasteiger partial charge in [-0.05, 0) is 12.1 Å². The molecule has 0 spiro atoms. The van der Waals surface area contributed by atoms with Gasteiger partial charge in [0.05, 0.1) is 12.2 Å². The van der Waals surface area contributed by atoms with E-state index in [2.05, 4.69) is 20.6 Å². The number of benzene rings is 1. The van der Waals surface area contributed by atoms with Crippen molar-refractivity contribution >= 4 is 35.1 Å². The number of hydrogen-bond acceptors (Lipinski definition) is 5. The van der Waals surface area contributed by atoms with Crippen molar-refractivity contribution in [2.24, 2.45) is 0 Å². The van der Waals surface area contributed by atoms with Crippen LogP contribution in [0.2, 0.25) is 5.15 Å². The fraction of sp³-hybridized carbons (Fsp3) is 0.214. The second kappa shape index (κ2) is 7.60. The molecule has 0 atom stereocenters. The molecule has 0 fully saturated rings. The summed E-state index contributed by atoms with van der Waals surface area (Å²) in [6, 6.07) is 4.48. The summed E-state index contributed by atoms with van der Waals surface area (Å²) in [5.41, 5.74) is -0.481. The maximum atomic E-state index is 12.6. The summed E-state index contributed by atoms with van der Waals surface area (Å²) < 4.78 is 62.6. The van der Waals surface area contributed by atoms with Gasteiger partial charge in [-0.1, -0.05) is 17.7 Å². The van der Waals surface area contributed by atoms with Gasteiger partial charge in [0.25, 0.3) is 6.43 Å². The Morgan fingerprint density at radius 3 is 2.48 bits per heavy atom. The quantitative estimate of drug-likeness (QED) is 0.390. The van der Waals surface area contributed by atoms with Crippen LogP contribution in [0.1, 0.15) is 11.1 Å². The summed E-state index contributed by atoms with van der Waals surface area (Å²) in [4.78, 5) is 7.06. The second-order valence-corrected chi connectivity index (χ2v) is 5.06. The number of nitrogens with one attached hydrogen (secondary N) is 3. The first-order valence-corrected chi connectivity index (χ1v) is 7.12. The average Bonchev–Trinajstić information content (AvgIpc) is 2.51. The Bertz CT molecular complexity index is 766. The fourth-order valence-corrected chi connectivity index (χ4v) is 2.14. The van der Waals surface area contributed by atoms with Crippen molar-refractivity contribution in [1.82, 2.24) is 9.97 Å². The molecule has 2 aromatic rings. The van der Waals surface area contributed by atoms with Crippen molar-refractivity contribution in [3.05, 3.63) is 40.7 Å². The van der Waals surface area contributed by atoms with Gasteiger partial charge in [0.15, 0.2) is 0 Å². The zero-order valence-corrected chi connectivity index (χ0v) is 13.1. The van der Waals surface area contributed by atoms with Crippen molar-refractivity contribution in [2.75, 3.05) is 17.2 Å². The number of rotatable bonds is 6. The van der Waals surface area contributed by atoms with Crippen LogP contribution in [0.15, 0.2) is 24.4 Å². The monoisotopic (exact) mass is 379 g/mol. The van der Waals surface area contributed by atoms with Crippen molar-refractivity contribution in [1.29, 1.82) is 5.41 Å². The lowest BCUT2D eigenvalue weighted by Crippen LogP contribution is -2.13. The molecular formula is C14H11ClF5N5. The Kier molecular flexibility index (Phi) is 5.73. The molecule has 0 aliphatic carbocycles. The topological polar surface area (TPSA) is 73.7 Å². The molecule has 134 valence electrons. The Morgan fingerprint density at radius 1 is 1.24 bits per heavy atom. The first-order valence-electron chi connectivity index (χ1n) is 6.74. The van der Waals surface area contributed by atoms with Gasteiger partial charge in [0, 0.05) is 23.7 Å².